The van der Waals surface area contributed by atoms with Crippen molar-refractivity contribution in [1.29, 1.82) is 0 Å². The molecule has 0 aromatic rings. The zero-order valence-electron chi connectivity index (χ0n) is 8.76. The quantitative estimate of drug-likeness (QED) is 0.673. The molecule has 1 unspecified atom stereocenters. The minimum Gasteiger partial charge on any atom is -0.480 e. The van der Waals surface area contributed by atoms with Gasteiger partial charge in [0.25, 0.3) is 0 Å². The summed E-state index contributed by atoms with van der Waals surface area (Å²) in [5, 5.41) is 11.6. The molecule has 0 aromatic carbocycles. The van der Waals surface area contributed by atoms with E-state index in [0.29, 0.717) is 6.54 Å². The highest BCUT2D eigenvalue weighted by atomic mass is 16.5. The van der Waals surface area contributed by atoms with Crippen LogP contribution in [0.3, 0.4) is 0 Å². The van der Waals surface area contributed by atoms with Crippen LogP contribution < -0.4 is 5.32 Å². The first-order valence-electron chi connectivity index (χ1n) is 4.47. The van der Waals surface area contributed by atoms with Crippen molar-refractivity contribution in [3.63, 3.8) is 0 Å². The molecule has 0 spiro atoms. The third-order valence-corrected chi connectivity index (χ3v) is 1.43. The molecule has 13 heavy (non-hydrogen) atoms. The number of nitrogens with one attached hydrogen (secondary N) is 1. The second-order valence-electron chi connectivity index (χ2n) is 3.87. The van der Waals surface area contributed by atoms with Gasteiger partial charge in [0.15, 0.2) is 0 Å². The normalized spacial score (nSPS) is 14.2. The predicted octanol–water partition coefficient (Wildman–Crippen LogP) is 0.864. The summed E-state index contributed by atoms with van der Waals surface area (Å²) < 4.78 is 5.36. The fraction of sp³-hybridized carbons (Fsp3) is 0.889. The summed E-state index contributed by atoms with van der Waals surface area (Å²) in [5.41, 5.74) is -0.289. The molecule has 0 aromatic heterocycles. The van der Waals surface area contributed by atoms with Crippen molar-refractivity contribution in [1.82, 2.24) is 5.32 Å². The highest BCUT2D eigenvalue weighted by Crippen LogP contribution is 2.06. The van der Waals surface area contributed by atoms with Gasteiger partial charge in [-0.05, 0) is 27.3 Å². The van der Waals surface area contributed by atoms with Gasteiger partial charge in [-0.2, -0.15) is 0 Å². The Morgan fingerprint density at radius 3 is 2.38 bits per heavy atom. The van der Waals surface area contributed by atoms with Crippen LogP contribution in [0.25, 0.3) is 0 Å². The van der Waals surface area contributed by atoms with Crippen molar-refractivity contribution in [2.75, 3.05) is 13.2 Å². The van der Waals surface area contributed by atoms with Crippen LogP contribution in [0.1, 0.15) is 27.7 Å². The van der Waals surface area contributed by atoms with E-state index < -0.39 is 12.0 Å². The Balaban J connectivity index is 3.90. The molecular weight excluding hydrogens is 170 g/mol. The summed E-state index contributed by atoms with van der Waals surface area (Å²) in [5.74, 6) is -0.869. The molecule has 0 bridgehead atoms. The Hall–Kier alpha value is -0.610. The maximum absolute atomic E-state index is 10.7. The number of aliphatic carboxylic acids is 1. The second kappa shape index (κ2) is 5.19. The number of rotatable bonds is 5. The molecule has 4 nitrogen and oxygen atoms in total. The third-order valence-electron chi connectivity index (χ3n) is 1.43. The monoisotopic (exact) mass is 189 g/mol. The minimum atomic E-state index is -0.869. The molecule has 0 amide bonds. The van der Waals surface area contributed by atoms with Crippen LogP contribution in [0.5, 0.6) is 0 Å². The van der Waals surface area contributed by atoms with E-state index in [1.165, 1.54) is 0 Å². The molecule has 0 aliphatic heterocycles. The molecule has 0 saturated carbocycles. The van der Waals surface area contributed by atoms with Crippen LogP contribution in [0.4, 0.5) is 0 Å². The van der Waals surface area contributed by atoms with Crippen molar-refractivity contribution >= 4 is 5.97 Å². The van der Waals surface area contributed by atoms with Crippen LogP contribution >= 0.6 is 0 Å². The second-order valence-corrected chi connectivity index (χ2v) is 3.87. The first-order valence-corrected chi connectivity index (χ1v) is 4.47. The lowest BCUT2D eigenvalue weighted by atomic mass is 10.2. The van der Waals surface area contributed by atoms with Gasteiger partial charge in [0.05, 0.1) is 12.2 Å². The fourth-order valence-electron chi connectivity index (χ4n) is 0.797. The molecule has 0 rings (SSSR count). The Morgan fingerprint density at radius 2 is 2.08 bits per heavy atom. The Kier molecular flexibility index (Phi) is 4.95. The molecule has 78 valence electrons. The maximum Gasteiger partial charge on any atom is 0.323 e. The van der Waals surface area contributed by atoms with Gasteiger partial charge in [-0.3, -0.25) is 4.79 Å². The average Bonchev–Trinajstić information content (AvgIpc) is 1.95. The topological polar surface area (TPSA) is 58.6 Å². The summed E-state index contributed by atoms with van der Waals surface area (Å²) in [4.78, 5) is 10.7. The molecule has 0 aliphatic rings. The molecular formula is C9H19NO3. The zero-order valence-corrected chi connectivity index (χ0v) is 8.76. The number of carboxylic acid groups (broad SMARTS) is 1. The zero-order chi connectivity index (χ0) is 10.5. The van der Waals surface area contributed by atoms with Gasteiger partial charge >= 0.3 is 5.97 Å². The van der Waals surface area contributed by atoms with E-state index >= 15 is 0 Å². The smallest absolute Gasteiger partial charge is 0.323 e. The molecule has 0 radical (unpaired) electrons. The standard InChI is InChI=1S/C9H19NO3/c1-5-10-7(8(11)12)6-13-9(2,3)4/h7,10H,5-6H2,1-4H3,(H,11,12). The number of hydrogen-bond acceptors (Lipinski definition) is 3. The summed E-state index contributed by atoms with van der Waals surface area (Å²) >= 11 is 0. The average molecular weight is 189 g/mol. The largest absolute Gasteiger partial charge is 0.480 e. The van der Waals surface area contributed by atoms with Gasteiger partial charge in [-0.25, -0.2) is 0 Å². The maximum atomic E-state index is 10.7. The molecule has 0 fully saturated rings. The summed E-state index contributed by atoms with van der Waals surface area (Å²) in [7, 11) is 0. The molecule has 0 heterocycles. The first kappa shape index (κ1) is 12.4. The van der Waals surface area contributed by atoms with E-state index in [4.69, 9.17) is 9.84 Å². The van der Waals surface area contributed by atoms with Crippen molar-refractivity contribution < 1.29 is 14.6 Å². The van der Waals surface area contributed by atoms with Gasteiger partial charge in [0.1, 0.15) is 6.04 Å². The number of carbonyl (C=O) groups is 1. The minimum absolute atomic E-state index is 0.201. The van der Waals surface area contributed by atoms with E-state index in [1.54, 1.807) is 0 Å². The van der Waals surface area contributed by atoms with E-state index in [0.717, 1.165) is 0 Å². The van der Waals surface area contributed by atoms with Crippen molar-refractivity contribution in [3.8, 4) is 0 Å². The van der Waals surface area contributed by atoms with E-state index in [-0.39, 0.29) is 12.2 Å². The number of likely N-dealkylation sites (N-methyl/N-ethyl adjacent to an activating group) is 1. The molecule has 1 atom stereocenters. The SMILES string of the molecule is CCNC(COC(C)(C)C)C(=O)O. The third kappa shape index (κ3) is 6.54. The van der Waals surface area contributed by atoms with E-state index in [2.05, 4.69) is 5.32 Å². The number of carboxylic acids is 1. The molecule has 0 saturated heterocycles. The van der Waals surface area contributed by atoms with Crippen LogP contribution in [-0.2, 0) is 9.53 Å². The van der Waals surface area contributed by atoms with Gasteiger partial charge in [0.2, 0.25) is 0 Å². The van der Waals surface area contributed by atoms with Gasteiger partial charge in [-0.1, -0.05) is 6.92 Å². The highest BCUT2D eigenvalue weighted by molar-refractivity contribution is 5.73. The van der Waals surface area contributed by atoms with Gasteiger partial charge in [-0.15, -0.1) is 0 Å². The van der Waals surface area contributed by atoms with E-state index in [1.807, 2.05) is 27.7 Å². The molecule has 2 N–H and O–H groups in total. The van der Waals surface area contributed by atoms with Crippen molar-refractivity contribution in [2.24, 2.45) is 0 Å². The predicted molar refractivity (Wildman–Crippen MR) is 50.8 cm³/mol. The molecule has 0 aliphatic carbocycles. The van der Waals surface area contributed by atoms with E-state index in [9.17, 15) is 4.79 Å². The first-order chi connectivity index (χ1) is 5.87. The van der Waals surface area contributed by atoms with Crippen LogP contribution in [0, 0.1) is 0 Å². The number of ether oxygens (including phenoxy) is 1. The Morgan fingerprint density at radius 1 is 1.54 bits per heavy atom. The fourth-order valence-corrected chi connectivity index (χ4v) is 0.797. The van der Waals surface area contributed by atoms with Crippen LogP contribution in [0.15, 0.2) is 0 Å². The summed E-state index contributed by atoms with van der Waals surface area (Å²) in [6.07, 6.45) is 0. The molecule has 4 heteroatoms. The van der Waals surface area contributed by atoms with Crippen LogP contribution in [-0.4, -0.2) is 35.9 Å². The van der Waals surface area contributed by atoms with Gasteiger partial charge in [0, 0.05) is 0 Å². The summed E-state index contributed by atoms with van der Waals surface area (Å²) in [6.45, 7) is 8.40. The van der Waals surface area contributed by atoms with Gasteiger partial charge < -0.3 is 15.2 Å². The lowest BCUT2D eigenvalue weighted by molar-refractivity contribution is -0.142. The van der Waals surface area contributed by atoms with Crippen molar-refractivity contribution in [2.45, 2.75) is 39.3 Å². The Bertz CT molecular complexity index is 163. The lowest BCUT2D eigenvalue weighted by Gasteiger charge is -2.22. The van der Waals surface area contributed by atoms with Crippen LogP contribution in [0.2, 0.25) is 0 Å². The highest BCUT2D eigenvalue weighted by Gasteiger charge is 2.19. The lowest BCUT2D eigenvalue weighted by Crippen LogP contribution is -2.42. The van der Waals surface area contributed by atoms with Crippen molar-refractivity contribution in [3.05, 3.63) is 0 Å². The Labute approximate surface area is 79.3 Å². The summed E-state index contributed by atoms with van der Waals surface area (Å²) in [6, 6.07) is -0.607. The number of hydrogen-bond donors (Lipinski definition) is 2.